The van der Waals surface area contributed by atoms with Gasteiger partial charge in [-0.1, -0.05) is 38.1 Å². The summed E-state index contributed by atoms with van der Waals surface area (Å²) in [4.78, 5) is 11.8. The van der Waals surface area contributed by atoms with Crippen molar-refractivity contribution in [1.29, 1.82) is 0 Å². The Morgan fingerprint density at radius 1 is 1.09 bits per heavy atom. The van der Waals surface area contributed by atoms with Gasteiger partial charge in [-0.05, 0) is 35.6 Å². The molecule has 0 unspecified atom stereocenters. The van der Waals surface area contributed by atoms with Crippen LogP contribution < -0.4 is 5.32 Å². The van der Waals surface area contributed by atoms with Crippen molar-refractivity contribution in [3.05, 3.63) is 70.8 Å². The van der Waals surface area contributed by atoms with Crippen LogP contribution in [0, 0.1) is 11.6 Å². The third kappa shape index (κ3) is 4.13. The van der Waals surface area contributed by atoms with Crippen LogP contribution in [0.3, 0.4) is 0 Å². The minimum Gasteiger partial charge on any atom is -0.352 e. The fraction of sp³-hybridized carbons (Fsp3) is 0.278. The number of hydrogen-bond donors (Lipinski definition) is 1. The van der Waals surface area contributed by atoms with Gasteiger partial charge in [0.1, 0.15) is 11.6 Å². The second kappa shape index (κ2) is 7.16. The summed E-state index contributed by atoms with van der Waals surface area (Å²) >= 11 is 0. The molecule has 0 aliphatic carbocycles. The molecule has 2 aromatic rings. The van der Waals surface area contributed by atoms with Crippen molar-refractivity contribution in [2.45, 2.75) is 26.2 Å². The lowest BCUT2D eigenvalue weighted by molar-refractivity contribution is 0.0950. The molecule has 2 rings (SSSR count). The quantitative estimate of drug-likeness (QED) is 0.886. The molecule has 0 saturated heterocycles. The molecule has 0 fully saturated rings. The molecule has 1 N–H and O–H groups in total. The standard InChI is InChI=1S/C18H19F2NO/c1-12(2)14-5-3-13(4-6-14)9-10-21-18(22)16-8-7-15(19)11-17(16)20/h3-8,11-12H,9-10H2,1-2H3,(H,21,22). The zero-order valence-electron chi connectivity index (χ0n) is 12.7. The molecule has 0 bridgehead atoms. The van der Waals surface area contributed by atoms with Crippen molar-refractivity contribution < 1.29 is 13.6 Å². The third-order valence-corrected chi connectivity index (χ3v) is 3.52. The fourth-order valence-electron chi connectivity index (χ4n) is 2.16. The average Bonchev–Trinajstić information content (AvgIpc) is 2.47. The summed E-state index contributed by atoms with van der Waals surface area (Å²) in [5.74, 6) is -1.59. The van der Waals surface area contributed by atoms with E-state index in [2.05, 4.69) is 31.3 Å². The Kier molecular flexibility index (Phi) is 5.26. The molecule has 0 atom stereocenters. The first-order chi connectivity index (χ1) is 10.5. The van der Waals surface area contributed by atoms with Gasteiger partial charge >= 0.3 is 0 Å². The van der Waals surface area contributed by atoms with Crippen molar-refractivity contribution in [3.8, 4) is 0 Å². The molecule has 2 nitrogen and oxygen atoms in total. The lowest BCUT2D eigenvalue weighted by Gasteiger charge is -2.08. The van der Waals surface area contributed by atoms with Gasteiger partial charge in [-0.3, -0.25) is 4.79 Å². The number of hydrogen-bond acceptors (Lipinski definition) is 1. The first-order valence-electron chi connectivity index (χ1n) is 7.29. The number of carbonyl (C=O) groups excluding carboxylic acids is 1. The van der Waals surface area contributed by atoms with E-state index in [1.807, 2.05) is 12.1 Å². The minimum absolute atomic E-state index is 0.142. The van der Waals surface area contributed by atoms with Gasteiger partial charge in [-0.2, -0.15) is 0 Å². The molecule has 0 spiro atoms. The highest BCUT2D eigenvalue weighted by molar-refractivity contribution is 5.94. The molecule has 0 radical (unpaired) electrons. The van der Waals surface area contributed by atoms with Gasteiger partial charge in [-0.25, -0.2) is 8.78 Å². The Morgan fingerprint density at radius 3 is 2.36 bits per heavy atom. The van der Waals surface area contributed by atoms with Crippen LogP contribution in [0.4, 0.5) is 8.78 Å². The van der Waals surface area contributed by atoms with E-state index >= 15 is 0 Å². The van der Waals surface area contributed by atoms with E-state index in [1.54, 1.807) is 0 Å². The van der Waals surface area contributed by atoms with Gasteiger partial charge in [-0.15, -0.1) is 0 Å². The smallest absolute Gasteiger partial charge is 0.254 e. The predicted octanol–water partition coefficient (Wildman–Crippen LogP) is 4.06. The number of benzene rings is 2. The highest BCUT2D eigenvalue weighted by atomic mass is 19.1. The number of halogens is 2. The summed E-state index contributed by atoms with van der Waals surface area (Å²) in [5.41, 5.74) is 2.22. The SMILES string of the molecule is CC(C)c1ccc(CCNC(=O)c2ccc(F)cc2F)cc1. The molecule has 0 aromatic heterocycles. The number of rotatable bonds is 5. The van der Waals surface area contributed by atoms with E-state index in [-0.39, 0.29) is 5.56 Å². The first kappa shape index (κ1) is 16.1. The maximum absolute atomic E-state index is 13.5. The predicted molar refractivity (Wildman–Crippen MR) is 82.9 cm³/mol. The fourth-order valence-corrected chi connectivity index (χ4v) is 2.16. The first-order valence-corrected chi connectivity index (χ1v) is 7.29. The highest BCUT2D eigenvalue weighted by Crippen LogP contribution is 2.15. The molecule has 116 valence electrons. The summed E-state index contributed by atoms with van der Waals surface area (Å²) in [7, 11) is 0. The Labute approximate surface area is 129 Å². The van der Waals surface area contributed by atoms with Gasteiger partial charge in [0.15, 0.2) is 0 Å². The van der Waals surface area contributed by atoms with Crippen LogP contribution in [0.25, 0.3) is 0 Å². The second-order valence-electron chi connectivity index (χ2n) is 5.53. The van der Waals surface area contributed by atoms with Crippen molar-refractivity contribution in [2.75, 3.05) is 6.54 Å². The van der Waals surface area contributed by atoms with Crippen molar-refractivity contribution in [3.63, 3.8) is 0 Å². The topological polar surface area (TPSA) is 29.1 Å². The van der Waals surface area contributed by atoms with Crippen LogP contribution in [0.2, 0.25) is 0 Å². The molecular formula is C18H19F2NO. The number of amides is 1. The number of nitrogens with one attached hydrogen (secondary N) is 1. The van der Waals surface area contributed by atoms with Crippen molar-refractivity contribution in [2.24, 2.45) is 0 Å². The summed E-state index contributed by atoms with van der Waals surface area (Å²) in [6.45, 7) is 4.66. The van der Waals surface area contributed by atoms with E-state index < -0.39 is 17.5 Å². The lowest BCUT2D eigenvalue weighted by Crippen LogP contribution is -2.26. The van der Waals surface area contributed by atoms with Crippen LogP contribution in [-0.4, -0.2) is 12.5 Å². The Hall–Kier alpha value is -2.23. The lowest BCUT2D eigenvalue weighted by atomic mass is 10.0. The maximum atomic E-state index is 13.5. The Bertz CT molecular complexity index is 651. The van der Waals surface area contributed by atoms with E-state index in [1.165, 1.54) is 5.56 Å². The summed E-state index contributed by atoms with van der Waals surface area (Å²) in [6, 6.07) is 11.1. The normalized spacial score (nSPS) is 10.8. The number of carbonyl (C=O) groups is 1. The molecule has 0 saturated carbocycles. The van der Waals surface area contributed by atoms with Crippen LogP contribution in [-0.2, 0) is 6.42 Å². The second-order valence-corrected chi connectivity index (χ2v) is 5.53. The zero-order chi connectivity index (χ0) is 16.1. The average molecular weight is 303 g/mol. The monoisotopic (exact) mass is 303 g/mol. The van der Waals surface area contributed by atoms with Gasteiger partial charge < -0.3 is 5.32 Å². The summed E-state index contributed by atoms with van der Waals surface area (Å²) in [5, 5.41) is 2.64. The van der Waals surface area contributed by atoms with Gasteiger partial charge in [0, 0.05) is 12.6 Å². The summed E-state index contributed by atoms with van der Waals surface area (Å²) < 4.78 is 26.3. The largest absolute Gasteiger partial charge is 0.352 e. The molecule has 4 heteroatoms. The van der Waals surface area contributed by atoms with Gasteiger partial charge in [0.2, 0.25) is 0 Å². The summed E-state index contributed by atoms with van der Waals surface area (Å²) in [6.07, 6.45) is 0.660. The minimum atomic E-state index is -0.848. The third-order valence-electron chi connectivity index (χ3n) is 3.52. The molecule has 0 aliphatic rings. The van der Waals surface area contributed by atoms with Crippen LogP contribution in [0.1, 0.15) is 41.3 Å². The molecule has 0 heterocycles. The Morgan fingerprint density at radius 2 is 1.77 bits per heavy atom. The zero-order valence-corrected chi connectivity index (χ0v) is 12.7. The van der Waals surface area contributed by atoms with Crippen LogP contribution in [0.15, 0.2) is 42.5 Å². The van der Waals surface area contributed by atoms with Crippen LogP contribution >= 0.6 is 0 Å². The maximum Gasteiger partial charge on any atom is 0.254 e. The molecule has 2 aromatic carbocycles. The van der Waals surface area contributed by atoms with Gasteiger partial charge in [0.05, 0.1) is 5.56 Å². The molecule has 1 amide bonds. The molecular weight excluding hydrogens is 284 g/mol. The Balaban J connectivity index is 1.89. The van der Waals surface area contributed by atoms with E-state index in [0.29, 0.717) is 24.9 Å². The molecule has 22 heavy (non-hydrogen) atoms. The van der Waals surface area contributed by atoms with E-state index in [0.717, 1.165) is 17.7 Å². The van der Waals surface area contributed by atoms with E-state index in [9.17, 15) is 13.6 Å². The van der Waals surface area contributed by atoms with Gasteiger partial charge in [0.25, 0.3) is 5.91 Å². The van der Waals surface area contributed by atoms with E-state index in [4.69, 9.17) is 0 Å². The van der Waals surface area contributed by atoms with Crippen LogP contribution in [0.5, 0.6) is 0 Å². The van der Waals surface area contributed by atoms with Crippen molar-refractivity contribution >= 4 is 5.91 Å². The van der Waals surface area contributed by atoms with Crippen molar-refractivity contribution in [1.82, 2.24) is 5.32 Å². The molecule has 0 aliphatic heterocycles. The highest BCUT2D eigenvalue weighted by Gasteiger charge is 2.11.